The first-order valence-electron chi connectivity index (χ1n) is 12.0. The van der Waals surface area contributed by atoms with Crippen molar-refractivity contribution in [3.05, 3.63) is 59.7 Å². The first-order chi connectivity index (χ1) is 16.5. The number of carbonyl (C=O) groups excluding carboxylic acids is 2. The number of hydrogen-bond acceptors (Lipinski definition) is 4. The van der Waals surface area contributed by atoms with Gasteiger partial charge in [0.1, 0.15) is 30.0 Å². The molecule has 0 bridgehead atoms. The highest BCUT2D eigenvalue weighted by Gasteiger charge is 2.31. The first kappa shape index (κ1) is 22.8. The van der Waals surface area contributed by atoms with Gasteiger partial charge in [-0.2, -0.15) is 0 Å². The Morgan fingerprint density at radius 3 is 2.26 bits per heavy atom. The molecule has 0 N–H and O–H groups in total. The number of rotatable bonds is 5. The van der Waals surface area contributed by atoms with Crippen LogP contribution >= 0.6 is 0 Å². The molecule has 2 aliphatic heterocycles. The molecule has 2 aromatic carbocycles. The average molecular weight is 470 g/mol. The summed E-state index contributed by atoms with van der Waals surface area (Å²) < 4.78 is 33.3. The molecular weight excluding hydrogens is 440 g/mol. The molecular formula is C26H29F2N3O3. The van der Waals surface area contributed by atoms with Gasteiger partial charge in [0.25, 0.3) is 5.91 Å². The molecule has 5 rings (SSSR count). The van der Waals surface area contributed by atoms with Gasteiger partial charge in [0.15, 0.2) is 0 Å². The smallest absolute Gasteiger partial charge is 0.257 e. The molecule has 1 saturated carbocycles. The molecule has 2 saturated heterocycles. The minimum atomic E-state index is -0.927. The maximum Gasteiger partial charge on any atom is 0.257 e. The van der Waals surface area contributed by atoms with Crippen LogP contribution in [0.5, 0.6) is 5.75 Å². The second kappa shape index (κ2) is 9.70. The van der Waals surface area contributed by atoms with Crippen LogP contribution in [0.3, 0.4) is 0 Å². The van der Waals surface area contributed by atoms with E-state index in [-0.39, 0.29) is 30.7 Å². The van der Waals surface area contributed by atoms with Crippen molar-refractivity contribution in [3.8, 4) is 5.75 Å². The van der Waals surface area contributed by atoms with Crippen molar-refractivity contribution in [2.75, 3.05) is 37.6 Å². The molecule has 0 aromatic heterocycles. The molecule has 3 fully saturated rings. The summed E-state index contributed by atoms with van der Waals surface area (Å²) in [5.41, 5.74) is 0.500. The number of anilines is 1. The van der Waals surface area contributed by atoms with Gasteiger partial charge in [-0.05, 0) is 62.1 Å². The Bertz CT molecular complexity index is 1050. The van der Waals surface area contributed by atoms with E-state index >= 15 is 0 Å². The number of halogens is 2. The Hall–Kier alpha value is -3.00. The normalized spacial score (nSPS) is 20.4. The molecule has 2 aromatic rings. The molecule has 8 heteroatoms. The van der Waals surface area contributed by atoms with E-state index in [2.05, 4.69) is 4.90 Å². The second-order valence-electron chi connectivity index (χ2n) is 9.33. The van der Waals surface area contributed by atoms with Gasteiger partial charge in [0, 0.05) is 44.0 Å². The van der Waals surface area contributed by atoms with Crippen molar-refractivity contribution in [1.82, 2.24) is 9.80 Å². The largest absolute Gasteiger partial charge is 0.490 e. The van der Waals surface area contributed by atoms with Gasteiger partial charge in [0.2, 0.25) is 5.91 Å². The van der Waals surface area contributed by atoms with Crippen molar-refractivity contribution < 1.29 is 23.1 Å². The van der Waals surface area contributed by atoms with E-state index in [4.69, 9.17) is 4.74 Å². The Morgan fingerprint density at radius 1 is 0.912 bits per heavy atom. The number of benzene rings is 2. The lowest BCUT2D eigenvalue weighted by Crippen LogP contribution is -2.52. The highest BCUT2D eigenvalue weighted by molar-refractivity contribution is 6.01. The summed E-state index contributed by atoms with van der Waals surface area (Å²) in [5.74, 6) is -1.75. The number of ether oxygens (including phenoxy) is 1. The van der Waals surface area contributed by atoms with Crippen LogP contribution in [0.25, 0.3) is 0 Å². The zero-order valence-corrected chi connectivity index (χ0v) is 19.1. The molecule has 0 radical (unpaired) electrons. The number of nitrogens with zero attached hydrogens (tertiary/aromatic N) is 3. The summed E-state index contributed by atoms with van der Waals surface area (Å²) in [6.45, 7) is 2.58. The summed E-state index contributed by atoms with van der Waals surface area (Å²) in [4.78, 5) is 30.8. The standard InChI is InChI=1S/C26H29F2N3O3/c27-18-4-9-23(24(28)16-18)26(33)30-14-15-31(25(32)17-30)20-5-7-21(8-6-20)34-22-10-12-29(13-11-22)19-2-1-3-19/h4-9,16,19,22H,1-3,10-15,17H2. The predicted molar refractivity (Wildman–Crippen MR) is 124 cm³/mol. The van der Waals surface area contributed by atoms with E-state index in [0.29, 0.717) is 12.6 Å². The highest BCUT2D eigenvalue weighted by Crippen LogP contribution is 2.29. The van der Waals surface area contributed by atoms with Crippen molar-refractivity contribution >= 4 is 17.5 Å². The van der Waals surface area contributed by atoms with Gasteiger partial charge < -0.3 is 19.4 Å². The SMILES string of the molecule is O=C(c1ccc(F)cc1F)N1CCN(c2ccc(OC3CCN(C4CCC4)CC3)cc2)C(=O)C1. The van der Waals surface area contributed by atoms with E-state index in [9.17, 15) is 18.4 Å². The summed E-state index contributed by atoms with van der Waals surface area (Å²) in [6, 6.07) is 11.1. The maximum atomic E-state index is 14.0. The summed E-state index contributed by atoms with van der Waals surface area (Å²) in [5, 5.41) is 0. The molecule has 3 aliphatic rings. The molecule has 6 nitrogen and oxygen atoms in total. The van der Waals surface area contributed by atoms with Crippen molar-refractivity contribution in [3.63, 3.8) is 0 Å². The van der Waals surface area contributed by atoms with Gasteiger partial charge >= 0.3 is 0 Å². The van der Waals surface area contributed by atoms with Gasteiger partial charge in [-0.1, -0.05) is 6.42 Å². The predicted octanol–water partition coefficient (Wildman–Crippen LogP) is 3.85. The van der Waals surface area contributed by atoms with E-state index < -0.39 is 17.5 Å². The highest BCUT2D eigenvalue weighted by atomic mass is 19.1. The number of piperidine rings is 1. The lowest BCUT2D eigenvalue weighted by atomic mass is 9.90. The Morgan fingerprint density at radius 2 is 1.65 bits per heavy atom. The van der Waals surface area contributed by atoms with Crippen LogP contribution in [0.1, 0.15) is 42.5 Å². The third kappa shape index (κ3) is 4.78. The van der Waals surface area contributed by atoms with Crippen LogP contribution in [-0.2, 0) is 4.79 Å². The fourth-order valence-electron chi connectivity index (χ4n) is 4.96. The summed E-state index contributed by atoms with van der Waals surface area (Å²) in [6.07, 6.45) is 6.29. The Labute approximate surface area is 198 Å². The monoisotopic (exact) mass is 469 g/mol. The lowest BCUT2D eigenvalue weighted by molar-refractivity contribution is -0.120. The van der Waals surface area contributed by atoms with Crippen LogP contribution in [-0.4, -0.2) is 66.5 Å². The minimum Gasteiger partial charge on any atom is -0.490 e. The zero-order valence-electron chi connectivity index (χ0n) is 19.1. The quantitative estimate of drug-likeness (QED) is 0.668. The number of likely N-dealkylation sites (tertiary alicyclic amines) is 1. The van der Waals surface area contributed by atoms with Crippen LogP contribution < -0.4 is 9.64 Å². The lowest BCUT2D eigenvalue weighted by Gasteiger charge is -2.41. The molecule has 0 spiro atoms. The van der Waals surface area contributed by atoms with E-state index in [1.807, 2.05) is 24.3 Å². The second-order valence-corrected chi connectivity index (χ2v) is 9.33. The van der Waals surface area contributed by atoms with Crippen LogP contribution in [0.4, 0.5) is 14.5 Å². The third-order valence-electron chi connectivity index (χ3n) is 7.19. The number of piperazine rings is 1. The minimum absolute atomic E-state index is 0.159. The Kier molecular flexibility index (Phi) is 6.50. The topological polar surface area (TPSA) is 53.1 Å². The van der Waals surface area contributed by atoms with Crippen LogP contribution in [0.15, 0.2) is 42.5 Å². The fraction of sp³-hybridized carbons (Fsp3) is 0.462. The van der Waals surface area contributed by atoms with Crippen molar-refractivity contribution in [2.45, 2.75) is 44.2 Å². The fourth-order valence-corrected chi connectivity index (χ4v) is 4.96. The van der Waals surface area contributed by atoms with Crippen LogP contribution in [0.2, 0.25) is 0 Å². The van der Waals surface area contributed by atoms with E-state index in [1.54, 1.807) is 4.90 Å². The molecule has 0 unspecified atom stereocenters. The van der Waals surface area contributed by atoms with E-state index in [0.717, 1.165) is 55.5 Å². The molecule has 34 heavy (non-hydrogen) atoms. The molecule has 2 amide bonds. The first-order valence-corrected chi connectivity index (χ1v) is 12.0. The summed E-state index contributed by atoms with van der Waals surface area (Å²) >= 11 is 0. The molecule has 1 aliphatic carbocycles. The molecule has 180 valence electrons. The number of carbonyl (C=O) groups is 2. The van der Waals surface area contributed by atoms with Gasteiger partial charge in [0.05, 0.1) is 5.56 Å². The number of hydrogen-bond donors (Lipinski definition) is 0. The van der Waals surface area contributed by atoms with Crippen LogP contribution in [0, 0.1) is 11.6 Å². The maximum absolute atomic E-state index is 14.0. The Balaban J connectivity index is 1.14. The van der Waals surface area contributed by atoms with Crippen molar-refractivity contribution in [1.29, 1.82) is 0 Å². The van der Waals surface area contributed by atoms with Crippen molar-refractivity contribution in [2.24, 2.45) is 0 Å². The van der Waals surface area contributed by atoms with E-state index in [1.165, 1.54) is 24.2 Å². The average Bonchev–Trinajstić information content (AvgIpc) is 2.79. The van der Waals surface area contributed by atoms with Gasteiger partial charge in [-0.25, -0.2) is 8.78 Å². The summed E-state index contributed by atoms with van der Waals surface area (Å²) in [7, 11) is 0. The number of amides is 2. The third-order valence-corrected chi connectivity index (χ3v) is 7.19. The molecule has 2 heterocycles. The zero-order chi connectivity index (χ0) is 23.7. The van der Waals surface area contributed by atoms with Gasteiger partial charge in [-0.3, -0.25) is 9.59 Å². The van der Waals surface area contributed by atoms with Gasteiger partial charge in [-0.15, -0.1) is 0 Å². The molecule has 0 atom stereocenters.